The molecule has 19 heavy (non-hydrogen) atoms. The van der Waals surface area contributed by atoms with Gasteiger partial charge >= 0.3 is 0 Å². The SMILES string of the molecule is CC(c1nnnn1C1CC1)N1CCc2[nH]ncc2C1. The molecule has 3 heterocycles. The molecule has 1 aliphatic carbocycles. The van der Waals surface area contributed by atoms with Crippen molar-refractivity contribution in [2.75, 3.05) is 6.54 Å². The summed E-state index contributed by atoms with van der Waals surface area (Å²) >= 11 is 0. The number of fused-ring (bicyclic) bond motifs is 1. The summed E-state index contributed by atoms with van der Waals surface area (Å²) in [6.07, 6.45) is 5.36. The van der Waals surface area contributed by atoms with Crippen molar-refractivity contribution in [1.82, 2.24) is 35.3 Å². The third-order valence-corrected chi connectivity index (χ3v) is 4.16. The fourth-order valence-electron chi connectivity index (χ4n) is 2.79. The predicted molar refractivity (Wildman–Crippen MR) is 67.2 cm³/mol. The number of aromatic nitrogens is 6. The minimum absolute atomic E-state index is 0.249. The summed E-state index contributed by atoms with van der Waals surface area (Å²) in [5.74, 6) is 0.995. The first-order chi connectivity index (χ1) is 9.33. The number of hydrogen-bond acceptors (Lipinski definition) is 5. The average molecular weight is 259 g/mol. The van der Waals surface area contributed by atoms with Crippen molar-refractivity contribution in [3.63, 3.8) is 0 Å². The van der Waals surface area contributed by atoms with E-state index in [0.717, 1.165) is 25.3 Å². The summed E-state index contributed by atoms with van der Waals surface area (Å²) < 4.78 is 2.01. The lowest BCUT2D eigenvalue weighted by Gasteiger charge is -2.31. The minimum Gasteiger partial charge on any atom is -0.289 e. The van der Waals surface area contributed by atoms with E-state index in [1.54, 1.807) is 0 Å². The van der Waals surface area contributed by atoms with Crippen LogP contribution in [0.1, 0.15) is 48.9 Å². The number of nitrogens with zero attached hydrogens (tertiary/aromatic N) is 6. The van der Waals surface area contributed by atoms with E-state index in [1.807, 2.05) is 10.9 Å². The van der Waals surface area contributed by atoms with E-state index >= 15 is 0 Å². The van der Waals surface area contributed by atoms with E-state index in [2.05, 4.69) is 37.5 Å². The molecule has 0 radical (unpaired) electrons. The fourth-order valence-corrected chi connectivity index (χ4v) is 2.79. The van der Waals surface area contributed by atoms with Gasteiger partial charge < -0.3 is 0 Å². The van der Waals surface area contributed by atoms with Crippen molar-refractivity contribution in [1.29, 1.82) is 0 Å². The molecule has 0 bridgehead atoms. The standard InChI is InChI=1S/C12H17N7/c1-8(12-15-16-17-19(12)10-2-3-10)18-5-4-11-9(7-18)6-13-14-11/h6,8,10H,2-5,7H2,1H3,(H,13,14). The van der Waals surface area contributed by atoms with Crippen molar-refractivity contribution in [3.8, 4) is 0 Å². The number of hydrogen-bond donors (Lipinski definition) is 1. The molecule has 2 aromatic rings. The maximum absolute atomic E-state index is 4.23. The highest BCUT2D eigenvalue weighted by Gasteiger charge is 2.32. The zero-order valence-corrected chi connectivity index (χ0v) is 11.0. The van der Waals surface area contributed by atoms with Crippen LogP contribution in [0.2, 0.25) is 0 Å². The Morgan fingerprint density at radius 3 is 3.16 bits per heavy atom. The number of aromatic amines is 1. The Balaban J connectivity index is 1.57. The molecule has 0 aromatic carbocycles. The Morgan fingerprint density at radius 2 is 2.32 bits per heavy atom. The van der Waals surface area contributed by atoms with Crippen LogP contribution in [0.3, 0.4) is 0 Å². The van der Waals surface area contributed by atoms with E-state index in [9.17, 15) is 0 Å². The number of nitrogens with one attached hydrogen (secondary N) is 1. The van der Waals surface area contributed by atoms with E-state index < -0.39 is 0 Å². The molecular weight excluding hydrogens is 242 g/mol. The van der Waals surface area contributed by atoms with Crippen molar-refractivity contribution >= 4 is 0 Å². The molecule has 4 rings (SSSR count). The van der Waals surface area contributed by atoms with Gasteiger partial charge in [-0.3, -0.25) is 10.00 Å². The van der Waals surface area contributed by atoms with E-state index in [4.69, 9.17) is 0 Å². The molecule has 1 atom stereocenters. The Labute approximate surface area is 111 Å². The number of H-pyrrole nitrogens is 1. The molecule has 1 saturated carbocycles. The van der Waals surface area contributed by atoms with Crippen LogP contribution >= 0.6 is 0 Å². The van der Waals surface area contributed by atoms with Crippen molar-refractivity contribution < 1.29 is 0 Å². The van der Waals surface area contributed by atoms with Gasteiger partial charge in [-0.25, -0.2) is 4.68 Å². The fraction of sp³-hybridized carbons (Fsp3) is 0.667. The van der Waals surface area contributed by atoms with Gasteiger partial charge in [-0.15, -0.1) is 5.10 Å². The van der Waals surface area contributed by atoms with Crippen molar-refractivity contribution in [3.05, 3.63) is 23.3 Å². The molecule has 0 saturated heterocycles. The highest BCUT2D eigenvalue weighted by Crippen LogP contribution is 2.36. The largest absolute Gasteiger partial charge is 0.289 e. The predicted octanol–water partition coefficient (Wildman–Crippen LogP) is 0.850. The van der Waals surface area contributed by atoms with Crippen LogP contribution in [0, 0.1) is 0 Å². The lowest BCUT2D eigenvalue weighted by Crippen LogP contribution is -2.34. The molecule has 0 amide bonds. The number of tetrazole rings is 1. The van der Waals surface area contributed by atoms with E-state index in [-0.39, 0.29) is 6.04 Å². The van der Waals surface area contributed by atoms with Gasteiger partial charge in [-0.1, -0.05) is 0 Å². The van der Waals surface area contributed by atoms with Crippen LogP contribution in [0.5, 0.6) is 0 Å². The molecule has 1 fully saturated rings. The molecule has 2 aromatic heterocycles. The first kappa shape index (κ1) is 11.1. The molecule has 1 aliphatic heterocycles. The summed E-state index contributed by atoms with van der Waals surface area (Å²) in [7, 11) is 0. The maximum atomic E-state index is 4.23. The Hall–Kier alpha value is -1.76. The van der Waals surface area contributed by atoms with Gasteiger partial charge in [0.1, 0.15) is 0 Å². The van der Waals surface area contributed by atoms with Crippen molar-refractivity contribution in [2.45, 2.75) is 44.8 Å². The monoisotopic (exact) mass is 259 g/mol. The van der Waals surface area contributed by atoms with Crippen LogP contribution in [0.25, 0.3) is 0 Å². The van der Waals surface area contributed by atoms with Crippen molar-refractivity contribution in [2.24, 2.45) is 0 Å². The lowest BCUT2D eigenvalue weighted by atomic mass is 10.1. The van der Waals surface area contributed by atoms with Gasteiger partial charge in [0.15, 0.2) is 5.82 Å². The average Bonchev–Trinajstić information content (AvgIpc) is 3.00. The molecule has 1 unspecified atom stereocenters. The van der Waals surface area contributed by atoms with Gasteiger partial charge in [0.2, 0.25) is 0 Å². The molecule has 7 heteroatoms. The summed E-state index contributed by atoms with van der Waals surface area (Å²) in [6.45, 7) is 4.13. The van der Waals surface area contributed by atoms with Gasteiger partial charge in [0.05, 0.1) is 18.3 Å². The topological polar surface area (TPSA) is 75.5 Å². The molecular formula is C12H17N7. The summed E-state index contributed by atoms with van der Waals surface area (Å²) in [4.78, 5) is 2.42. The normalized spacial score (nSPS) is 21.3. The maximum Gasteiger partial charge on any atom is 0.168 e. The first-order valence-electron chi connectivity index (χ1n) is 6.86. The van der Waals surface area contributed by atoms with Crippen LogP contribution in [0.4, 0.5) is 0 Å². The lowest BCUT2D eigenvalue weighted by molar-refractivity contribution is 0.179. The highest BCUT2D eigenvalue weighted by atomic mass is 15.6. The Morgan fingerprint density at radius 1 is 1.42 bits per heavy atom. The third-order valence-electron chi connectivity index (χ3n) is 4.16. The Bertz CT molecular complexity index is 582. The summed E-state index contributed by atoms with van der Waals surface area (Å²) in [6, 6.07) is 0.778. The van der Waals surface area contributed by atoms with Crippen LogP contribution in [-0.2, 0) is 13.0 Å². The molecule has 7 nitrogen and oxygen atoms in total. The smallest absolute Gasteiger partial charge is 0.168 e. The van der Waals surface area contributed by atoms with Gasteiger partial charge in [-0.05, 0) is 30.2 Å². The minimum atomic E-state index is 0.249. The van der Waals surface area contributed by atoms with Gasteiger partial charge in [0.25, 0.3) is 0 Å². The van der Waals surface area contributed by atoms with Gasteiger partial charge in [0, 0.05) is 30.8 Å². The quantitative estimate of drug-likeness (QED) is 0.884. The van der Waals surface area contributed by atoms with E-state index in [0.29, 0.717) is 6.04 Å². The molecule has 100 valence electrons. The van der Waals surface area contributed by atoms with Crippen LogP contribution < -0.4 is 0 Å². The zero-order chi connectivity index (χ0) is 12.8. The molecule has 0 spiro atoms. The summed E-state index contributed by atoms with van der Waals surface area (Å²) in [5.41, 5.74) is 2.56. The zero-order valence-electron chi connectivity index (χ0n) is 11.0. The third kappa shape index (κ3) is 1.85. The second-order valence-corrected chi connectivity index (χ2v) is 5.48. The summed E-state index contributed by atoms with van der Waals surface area (Å²) in [5, 5.41) is 19.4. The van der Waals surface area contributed by atoms with Crippen LogP contribution in [0.15, 0.2) is 6.20 Å². The first-order valence-corrected chi connectivity index (χ1v) is 6.86. The van der Waals surface area contributed by atoms with Crippen LogP contribution in [-0.4, -0.2) is 41.8 Å². The molecule has 2 aliphatic rings. The Kier molecular flexibility index (Phi) is 2.41. The highest BCUT2D eigenvalue weighted by molar-refractivity contribution is 5.19. The second kappa shape index (κ2) is 4.12. The van der Waals surface area contributed by atoms with Gasteiger partial charge in [-0.2, -0.15) is 5.10 Å². The van der Waals surface area contributed by atoms with E-state index in [1.165, 1.54) is 24.1 Å². The number of rotatable bonds is 3. The second-order valence-electron chi connectivity index (χ2n) is 5.48. The molecule has 1 N–H and O–H groups in total.